The summed E-state index contributed by atoms with van der Waals surface area (Å²) in [6.45, 7) is 0. The first-order valence-corrected chi connectivity index (χ1v) is 24.4. The van der Waals surface area contributed by atoms with Gasteiger partial charge in [0.1, 0.15) is 0 Å². The predicted molar refractivity (Wildman–Crippen MR) is 243 cm³/mol. The molecular formula is C52H33GeN3S. The molecule has 0 saturated heterocycles. The number of hydrogen-bond acceptors (Lipinski definition) is 3. The Balaban J connectivity index is 1.11. The first-order chi connectivity index (χ1) is 28.3. The van der Waals surface area contributed by atoms with Gasteiger partial charge in [-0.15, -0.1) is 0 Å². The molecule has 0 aliphatic carbocycles. The Labute approximate surface area is 336 Å². The van der Waals surface area contributed by atoms with Gasteiger partial charge in [0.15, 0.2) is 0 Å². The zero-order valence-corrected chi connectivity index (χ0v) is 33.7. The van der Waals surface area contributed by atoms with Crippen molar-refractivity contribution in [1.82, 2.24) is 14.5 Å². The Morgan fingerprint density at radius 1 is 0.456 bits per heavy atom. The molecule has 12 rings (SSSR count). The number of para-hydroxylation sites is 1. The monoisotopic (exact) mass is 805 g/mol. The van der Waals surface area contributed by atoms with E-state index in [0.29, 0.717) is 0 Å². The summed E-state index contributed by atoms with van der Waals surface area (Å²) in [6, 6.07) is 73.1. The molecule has 4 heterocycles. The van der Waals surface area contributed by atoms with Gasteiger partial charge in [0.25, 0.3) is 0 Å². The van der Waals surface area contributed by atoms with Crippen LogP contribution in [0.5, 0.6) is 0 Å². The van der Waals surface area contributed by atoms with Crippen molar-refractivity contribution in [1.29, 1.82) is 0 Å². The summed E-state index contributed by atoms with van der Waals surface area (Å²) >= 11 is -1.76. The van der Waals surface area contributed by atoms with Crippen molar-refractivity contribution < 1.29 is 0 Å². The first-order valence-electron chi connectivity index (χ1n) is 19.4. The fraction of sp³-hybridized carbons (Fsp3) is 0. The first kappa shape index (κ1) is 32.6. The molecule has 5 heteroatoms. The third-order valence-electron chi connectivity index (χ3n) is 11.9. The predicted octanol–water partition coefficient (Wildman–Crippen LogP) is 10.6. The van der Waals surface area contributed by atoms with Crippen LogP contribution in [0.15, 0.2) is 200 Å². The maximum absolute atomic E-state index is 5.76. The molecule has 11 aromatic rings. The van der Waals surface area contributed by atoms with Crippen LogP contribution in [0.2, 0.25) is 0 Å². The van der Waals surface area contributed by atoms with E-state index in [4.69, 9.17) is 9.97 Å². The standard InChI is InChI=1S/C52H33GeN3S/c1-4-16-34(17-5-1)48-47-43-24-10-13-25-44(43)53(36-18-6-2-7-19-36,37-20-8-3-9-21-37)51(47)55-52(54-48)35-28-30-38(31-29-35)56-45-26-14-11-22-39(45)41-32-33-42-40-23-12-15-27-46(40)57-50(42)49(41)56/h1-33H. The Kier molecular flexibility index (Phi) is 7.28. The molecule has 0 bridgehead atoms. The summed E-state index contributed by atoms with van der Waals surface area (Å²) in [5, 5.41) is 5.14. The number of hydrogen-bond donors (Lipinski definition) is 0. The third kappa shape index (κ3) is 4.72. The molecular weight excluding hydrogens is 771 g/mol. The SMILES string of the molecule is c1ccc(-c2nc(-c3ccc(-n4c5ccccc5c5ccc6c7ccccc7sc6c54)cc3)n[c]3c2-c2cccc[c]2[Ge]3([c]2ccccc2)[c]2ccccc2)cc1. The molecule has 8 aromatic carbocycles. The van der Waals surface area contributed by atoms with Crippen molar-refractivity contribution in [2.75, 3.05) is 0 Å². The van der Waals surface area contributed by atoms with Crippen molar-refractivity contribution in [2.45, 2.75) is 0 Å². The van der Waals surface area contributed by atoms with Crippen LogP contribution in [0.4, 0.5) is 0 Å². The van der Waals surface area contributed by atoms with Crippen molar-refractivity contribution in [2.24, 2.45) is 0 Å². The molecule has 1 aliphatic heterocycles. The number of aromatic nitrogens is 3. The van der Waals surface area contributed by atoms with Crippen LogP contribution in [0.3, 0.4) is 0 Å². The minimum atomic E-state index is -3.64. The molecule has 0 N–H and O–H groups in total. The summed E-state index contributed by atoms with van der Waals surface area (Å²) in [5.41, 5.74) is 9.08. The van der Waals surface area contributed by atoms with Crippen molar-refractivity contribution in [3.8, 4) is 39.5 Å². The van der Waals surface area contributed by atoms with E-state index in [1.807, 2.05) is 11.3 Å². The molecule has 266 valence electrons. The number of nitrogens with zero attached hydrogens (tertiary/aromatic N) is 3. The summed E-state index contributed by atoms with van der Waals surface area (Å²) in [4.78, 5) is 11.3. The van der Waals surface area contributed by atoms with E-state index in [2.05, 4.69) is 205 Å². The normalized spacial score (nSPS) is 13.1. The third-order valence-corrected chi connectivity index (χ3v) is 23.0. The summed E-state index contributed by atoms with van der Waals surface area (Å²) < 4.78 is 10.4. The zero-order chi connectivity index (χ0) is 37.5. The fourth-order valence-electron chi connectivity index (χ4n) is 9.46. The number of fused-ring (bicyclic) bond motifs is 10. The molecule has 1 aliphatic rings. The Morgan fingerprint density at radius 3 is 1.82 bits per heavy atom. The van der Waals surface area contributed by atoms with Crippen LogP contribution in [0, 0.1) is 0 Å². The average Bonchev–Trinajstić information content (AvgIpc) is 3.94. The maximum atomic E-state index is 5.76. The van der Waals surface area contributed by atoms with Gasteiger partial charge >= 0.3 is 314 Å². The Hall–Kier alpha value is -6.60. The van der Waals surface area contributed by atoms with Gasteiger partial charge in [0, 0.05) is 0 Å². The quantitative estimate of drug-likeness (QED) is 0.162. The topological polar surface area (TPSA) is 30.7 Å². The Morgan fingerprint density at radius 2 is 1.07 bits per heavy atom. The van der Waals surface area contributed by atoms with Crippen LogP contribution in [-0.2, 0) is 0 Å². The van der Waals surface area contributed by atoms with E-state index in [-0.39, 0.29) is 0 Å². The van der Waals surface area contributed by atoms with Crippen LogP contribution >= 0.6 is 11.3 Å². The molecule has 0 radical (unpaired) electrons. The number of benzene rings is 8. The number of thiophene rings is 1. The molecule has 0 saturated carbocycles. The Bertz CT molecular complexity index is 3300. The second kappa shape index (κ2) is 12.7. The van der Waals surface area contributed by atoms with Crippen molar-refractivity contribution in [3.05, 3.63) is 200 Å². The van der Waals surface area contributed by atoms with Gasteiger partial charge in [-0.2, -0.15) is 0 Å². The van der Waals surface area contributed by atoms with Crippen LogP contribution in [-0.4, -0.2) is 27.8 Å². The molecule has 0 spiro atoms. The van der Waals surface area contributed by atoms with E-state index in [0.717, 1.165) is 28.3 Å². The minimum absolute atomic E-state index is 0.753. The van der Waals surface area contributed by atoms with Crippen LogP contribution < -0.4 is 17.7 Å². The number of rotatable bonds is 5. The van der Waals surface area contributed by atoms with E-state index >= 15 is 0 Å². The van der Waals surface area contributed by atoms with Gasteiger partial charge in [-0.25, -0.2) is 0 Å². The van der Waals surface area contributed by atoms with Gasteiger partial charge in [-0.1, -0.05) is 18.2 Å². The van der Waals surface area contributed by atoms with Crippen molar-refractivity contribution in [3.63, 3.8) is 0 Å². The van der Waals surface area contributed by atoms with E-state index in [1.165, 1.54) is 70.8 Å². The van der Waals surface area contributed by atoms with E-state index < -0.39 is 13.3 Å². The van der Waals surface area contributed by atoms with Gasteiger partial charge in [-0.05, 0) is 6.07 Å². The van der Waals surface area contributed by atoms with Crippen LogP contribution in [0.25, 0.3) is 81.4 Å². The fourth-order valence-corrected chi connectivity index (χ4v) is 21.2. The van der Waals surface area contributed by atoms with Gasteiger partial charge in [0.05, 0.1) is 0 Å². The van der Waals surface area contributed by atoms with Gasteiger partial charge < -0.3 is 0 Å². The van der Waals surface area contributed by atoms with Gasteiger partial charge in [0.2, 0.25) is 0 Å². The molecule has 57 heavy (non-hydrogen) atoms. The summed E-state index contributed by atoms with van der Waals surface area (Å²) in [7, 11) is 0. The average molecular weight is 805 g/mol. The second-order valence-corrected chi connectivity index (χ2v) is 23.6. The molecule has 0 unspecified atom stereocenters. The van der Waals surface area contributed by atoms with Gasteiger partial charge in [-0.3, -0.25) is 0 Å². The molecule has 3 nitrogen and oxygen atoms in total. The zero-order valence-electron chi connectivity index (χ0n) is 30.8. The second-order valence-electron chi connectivity index (χ2n) is 14.8. The molecule has 3 aromatic heterocycles. The molecule has 0 fully saturated rings. The van der Waals surface area contributed by atoms with Crippen molar-refractivity contribution >= 4 is 84.3 Å². The van der Waals surface area contributed by atoms with E-state index in [9.17, 15) is 0 Å². The molecule has 0 amide bonds. The molecule has 0 atom stereocenters. The van der Waals surface area contributed by atoms with E-state index in [1.54, 1.807) is 0 Å². The summed E-state index contributed by atoms with van der Waals surface area (Å²) in [5.74, 6) is 0.753. The van der Waals surface area contributed by atoms with Crippen LogP contribution in [0.1, 0.15) is 0 Å². The summed E-state index contributed by atoms with van der Waals surface area (Å²) in [6.07, 6.45) is 0.